The van der Waals surface area contributed by atoms with E-state index in [1.54, 1.807) is 0 Å². The zero-order valence-electron chi connectivity index (χ0n) is 14.8. The van der Waals surface area contributed by atoms with Gasteiger partial charge in [-0.15, -0.1) is 0 Å². The summed E-state index contributed by atoms with van der Waals surface area (Å²) >= 11 is 0. The van der Waals surface area contributed by atoms with E-state index >= 15 is 0 Å². The highest BCUT2D eigenvalue weighted by Crippen LogP contribution is 2.31. The zero-order valence-corrected chi connectivity index (χ0v) is 14.8. The van der Waals surface area contributed by atoms with Gasteiger partial charge < -0.3 is 10.1 Å². The smallest absolute Gasteiger partial charge is 0.0825 e. The number of nitrogens with zero attached hydrogens (tertiary/aromatic N) is 1. The van der Waals surface area contributed by atoms with Crippen LogP contribution in [0.3, 0.4) is 0 Å². The Kier molecular flexibility index (Phi) is 6.10. The number of likely N-dealkylation sites (tertiary alicyclic amines) is 1. The zero-order chi connectivity index (χ0) is 15.5. The molecule has 1 aliphatic carbocycles. The van der Waals surface area contributed by atoms with E-state index in [9.17, 15) is 0 Å². The van der Waals surface area contributed by atoms with Crippen molar-refractivity contribution >= 4 is 0 Å². The van der Waals surface area contributed by atoms with Crippen LogP contribution in [-0.4, -0.2) is 49.8 Å². The Hall–Kier alpha value is -0.120. The lowest BCUT2D eigenvalue weighted by atomic mass is 9.76. The van der Waals surface area contributed by atoms with E-state index in [-0.39, 0.29) is 0 Å². The summed E-state index contributed by atoms with van der Waals surface area (Å²) in [6.07, 6.45) is 7.17. The number of methoxy groups -OCH3 is 1. The van der Waals surface area contributed by atoms with E-state index in [1.807, 2.05) is 7.11 Å². The standard InChI is InChI=1S/C18H36N2O/c1-6-18(4,14(2)3)13-19-15-7-9-16(10-8-15)20-11-17(12-20)21-5/h14-17,19H,6-13H2,1-5H3. The van der Waals surface area contributed by atoms with Gasteiger partial charge >= 0.3 is 0 Å². The molecule has 1 unspecified atom stereocenters. The first-order valence-electron chi connectivity index (χ1n) is 8.98. The third kappa shape index (κ3) is 4.20. The molecular weight excluding hydrogens is 260 g/mol. The van der Waals surface area contributed by atoms with Gasteiger partial charge in [0, 0.05) is 38.8 Å². The molecule has 0 bridgehead atoms. The Balaban J connectivity index is 1.67. The third-order valence-corrected chi connectivity index (χ3v) is 6.42. The summed E-state index contributed by atoms with van der Waals surface area (Å²) in [6.45, 7) is 13.0. The van der Waals surface area contributed by atoms with Crippen molar-refractivity contribution in [2.24, 2.45) is 11.3 Å². The van der Waals surface area contributed by atoms with Crippen LogP contribution in [-0.2, 0) is 4.74 Å². The van der Waals surface area contributed by atoms with Crippen LogP contribution in [0.1, 0.15) is 59.8 Å². The second kappa shape index (κ2) is 7.43. The van der Waals surface area contributed by atoms with Crippen LogP contribution in [0.2, 0.25) is 0 Å². The van der Waals surface area contributed by atoms with Gasteiger partial charge in [0.25, 0.3) is 0 Å². The Morgan fingerprint density at radius 2 is 1.81 bits per heavy atom. The van der Waals surface area contributed by atoms with E-state index < -0.39 is 0 Å². The maximum absolute atomic E-state index is 5.39. The van der Waals surface area contributed by atoms with Crippen LogP contribution in [0.4, 0.5) is 0 Å². The molecule has 2 fully saturated rings. The summed E-state index contributed by atoms with van der Waals surface area (Å²) in [6, 6.07) is 1.56. The maximum Gasteiger partial charge on any atom is 0.0825 e. The summed E-state index contributed by atoms with van der Waals surface area (Å²) in [5, 5.41) is 3.87. The molecule has 124 valence electrons. The van der Waals surface area contributed by atoms with Gasteiger partial charge in [-0.25, -0.2) is 0 Å². The van der Waals surface area contributed by atoms with Crippen molar-refractivity contribution in [1.82, 2.24) is 10.2 Å². The first-order valence-corrected chi connectivity index (χ1v) is 8.98. The first kappa shape index (κ1) is 17.2. The molecule has 2 aliphatic rings. The predicted octanol–water partition coefficient (Wildman–Crippen LogP) is 3.29. The fraction of sp³-hybridized carbons (Fsp3) is 1.00. The molecule has 0 aromatic rings. The van der Waals surface area contributed by atoms with E-state index in [0.29, 0.717) is 11.5 Å². The Bertz CT molecular complexity index is 306. The van der Waals surface area contributed by atoms with E-state index in [0.717, 1.165) is 31.1 Å². The molecule has 0 spiro atoms. The predicted molar refractivity (Wildman–Crippen MR) is 89.7 cm³/mol. The molecular formula is C18H36N2O. The quantitative estimate of drug-likeness (QED) is 0.780. The molecule has 1 heterocycles. The molecule has 3 nitrogen and oxygen atoms in total. The minimum atomic E-state index is 0.444. The summed E-state index contributed by atoms with van der Waals surface area (Å²) in [5.41, 5.74) is 0.444. The molecule has 0 aromatic heterocycles. The molecule has 0 amide bonds. The number of rotatable bonds is 7. The van der Waals surface area contributed by atoms with Gasteiger partial charge in [-0.2, -0.15) is 0 Å². The van der Waals surface area contributed by atoms with Crippen LogP contribution < -0.4 is 5.32 Å². The maximum atomic E-state index is 5.39. The third-order valence-electron chi connectivity index (χ3n) is 6.42. The SMILES string of the molecule is CCC(C)(CNC1CCC(N2CC(OC)C2)CC1)C(C)C. The topological polar surface area (TPSA) is 24.5 Å². The molecule has 21 heavy (non-hydrogen) atoms. The van der Waals surface area contributed by atoms with Crippen LogP contribution in [0, 0.1) is 11.3 Å². The first-order chi connectivity index (χ1) is 9.98. The lowest BCUT2D eigenvalue weighted by Gasteiger charge is -2.46. The second-order valence-electron chi connectivity index (χ2n) is 7.86. The number of hydrogen-bond donors (Lipinski definition) is 1. The molecule has 3 heteroatoms. The number of nitrogens with one attached hydrogen (secondary N) is 1. The van der Waals surface area contributed by atoms with Crippen molar-refractivity contribution in [3.05, 3.63) is 0 Å². The molecule has 0 radical (unpaired) electrons. The van der Waals surface area contributed by atoms with Crippen molar-refractivity contribution in [2.45, 2.75) is 78.0 Å². The van der Waals surface area contributed by atoms with Crippen molar-refractivity contribution in [3.63, 3.8) is 0 Å². The fourth-order valence-corrected chi connectivity index (χ4v) is 3.68. The largest absolute Gasteiger partial charge is 0.379 e. The molecule has 2 rings (SSSR count). The number of ether oxygens (including phenoxy) is 1. The lowest BCUT2D eigenvalue weighted by Crippen LogP contribution is -2.57. The summed E-state index contributed by atoms with van der Waals surface area (Å²) in [7, 11) is 1.84. The summed E-state index contributed by atoms with van der Waals surface area (Å²) in [5.74, 6) is 0.749. The normalized spacial score (nSPS) is 31.1. The van der Waals surface area contributed by atoms with Gasteiger partial charge in [0.05, 0.1) is 6.10 Å². The average Bonchev–Trinajstić information content (AvgIpc) is 2.44. The molecule has 1 atom stereocenters. The monoisotopic (exact) mass is 296 g/mol. The lowest BCUT2D eigenvalue weighted by molar-refractivity contribution is -0.0585. The fourth-order valence-electron chi connectivity index (χ4n) is 3.68. The molecule has 1 N–H and O–H groups in total. The summed E-state index contributed by atoms with van der Waals surface area (Å²) in [4.78, 5) is 2.62. The number of hydrogen-bond acceptors (Lipinski definition) is 3. The minimum absolute atomic E-state index is 0.444. The van der Waals surface area contributed by atoms with Gasteiger partial charge in [0.2, 0.25) is 0 Å². The molecule has 1 saturated heterocycles. The van der Waals surface area contributed by atoms with Gasteiger partial charge in [-0.05, 0) is 43.4 Å². The van der Waals surface area contributed by atoms with Crippen molar-refractivity contribution in [3.8, 4) is 0 Å². The van der Waals surface area contributed by atoms with E-state index in [2.05, 4.69) is 37.9 Å². The Labute approximate surface area is 131 Å². The van der Waals surface area contributed by atoms with Gasteiger partial charge in [-0.3, -0.25) is 4.90 Å². The average molecular weight is 296 g/mol. The Morgan fingerprint density at radius 1 is 1.19 bits per heavy atom. The highest BCUT2D eigenvalue weighted by molar-refractivity contribution is 4.91. The van der Waals surface area contributed by atoms with E-state index in [1.165, 1.54) is 38.6 Å². The van der Waals surface area contributed by atoms with Crippen LogP contribution in [0.5, 0.6) is 0 Å². The second-order valence-corrected chi connectivity index (χ2v) is 7.86. The van der Waals surface area contributed by atoms with Gasteiger partial charge in [-0.1, -0.05) is 27.7 Å². The molecule has 1 aliphatic heterocycles. The highest BCUT2D eigenvalue weighted by atomic mass is 16.5. The molecule has 1 saturated carbocycles. The highest BCUT2D eigenvalue weighted by Gasteiger charge is 2.35. The van der Waals surface area contributed by atoms with Crippen LogP contribution in [0.15, 0.2) is 0 Å². The molecule has 0 aromatic carbocycles. The van der Waals surface area contributed by atoms with Crippen LogP contribution >= 0.6 is 0 Å². The van der Waals surface area contributed by atoms with Gasteiger partial charge in [0.15, 0.2) is 0 Å². The van der Waals surface area contributed by atoms with Crippen molar-refractivity contribution < 1.29 is 4.74 Å². The van der Waals surface area contributed by atoms with Crippen molar-refractivity contribution in [2.75, 3.05) is 26.7 Å². The van der Waals surface area contributed by atoms with Gasteiger partial charge in [0.1, 0.15) is 0 Å². The Morgan fingerprint density at radius 3 is 2.29 bits per heavy atom. The summed E-state index contributed by atoms with van der Waals surface area (Å²) < 4.78 is 5.39. The minimum Gasteiger partial charge on any atom is -0.379 e. The van der Waals surface area contributed by atoms with Crippen molar-refractivity contribution in [1.29, 1.82) is 0 Å². The van der Waals surface area contributed by atoms with E-state index in [4.69, 9.17) is 4.74 Å². The van der Waals surface area contributed by atoms with Crippen LogP contribution in [0.25, 0.3) is 0 Å².